The van der Waals surface area contributed by atoms with Gasteiger partial charge in [0.2, 0.25) is 11.8 Å². The zero-order chi connectivity index (χ0) is 15.8. The molecule has 0 bridgehead atoms. The van der Waals surface area contributed by atoms with E-state index in [1.807, 2.05) is 19.9 Å². The third-order valence-electron chi connectivity index (χ3n) is 2.91. The van der Waals surface area contributed by atoms with E-state index in [-0.39, 0.29) is 30.4 Å². The van der Waals surface area contributed by atoms with Gasteiger partial charge in [0.05, 0.1) is 4.88 Å². The van der Waals surface area contributed by atoms with E-state index in [1.165, 1.54) is 11.3 Å². The minimum absolute atomic E-state index is 0.0358. The lowest BCUT2D eigenvalue weighted by Gasteiger charge is -2.13. The molecule has 0 aliphatic rings. The maximum Gasteiger partial charge on any atom is 0.242 e. The minimum Gasteiger partial charge on any atom is -0.354 e. The first-order valence-corrected chi connectivity index (χ1v) is 7.92. The predicted molar refractivity (Wildman–Crippen MR) is 83.5 cm³/mol. The molecule has 1 aromatic rings. The summed E-state index contributed by atoms with van der Waals surface area (Å²) in [6, 6.07) is 3.09. The summed E-state index contributed by atoms with van der Waals surface area (Å²) in [5, 5.41) is 5.31. The van der Waals surface area contributed by atoms with E-state index in [0.29, 0.717) is 11.4 Å². The third-order valence-corrected chi connectivity index (χ3v) is 3.96. The van der Waals surface area contributed by atoms with E-state index in [9.17, 15) is 14.4 Å². The molecule has 2 amide bonds. The SMILES string of the molecule is CCCNC(=O)[C@@H](C)NC(=O)CCC(=O)c1ccc(C)s1. The van der Waals surface area contributed by atoms with Crippen molar-refractivity contribution in [1.82, 2.24) is 10.6 Å². The average molecular weight is 310 g/mol. The number of rotatable bonds is 8. The van der Waals surface area contributed by atoms with Crippen LogP contribution in [0.3, 0.4) is 0 Å². The Hall–Kier alpha value is -1.69. The smallest absolute Gasteiger partial charge is 0.242 e. The number of ketones is 1. The van der Waals surface area contributed by atoms with Gasteiger partial charge in [-0.2, -0.15) is 0 Å². The van der Waals surface area contributed by atoms with Crippen LogP contribution in [0.15, 0.2) is 12.1 Å². The summed E-state index contributed by atoms with van der Waals surface area (Å²) >= 11 is 1.43. The summed E-state index contributed by atoms with van der Waals surface area (Å²) < 4.78 is 0. The molecule has 116 valence electrons. The molecule has 0 fully saturated rings. The lowest BCUT2D eigenvalue weighted by atomic mass is 10.2. The lowest BCUT2D eigenvalue weighted by Crippen LogP contribution is -2.45. The van der Waals surface area contributed by atoms with Crippen LogP contribution in [-0.4, -0.2) is 30.2 Å². The maximum atomic E-state index is 11.9. The molecule has 0 radical (unpaired) electrons. The first-order valence-electron chi connectivity index (χ1n) is 7.10. The highest BCUT2D eigenvalue weighted by Crippen LogP contribution is 2.17. The van der Waals surface area contributed by atoms with Gasteiger partial charge in [-0.25, -0.2) is 0 Å². The van der Waals surface area contributed by atoms with Crippen LogP contribution in [0.1, 0.15) is 47.7 Å². The average Bonchev–Trinajstić information content (AvgIpc) is 2.88. The van der Waals surface area contributed by atoms with Gasteiger partial charge in [0.1, 0.15) is 6.04 Å². The number of hydrogen-bond acceptors (Lipinski definition) is 4. The molecule has 5 nitrogen and oxygen atoms in total. The summed E-state index contributed by atoms with van der Waals surface area (Å²) in [6.07, 6.45) is 1.11. The highest BCUT2D eigenvalue weighted by molar-refractivity contribution is 7.14. The fraction of sp³-hybridized carbons (Fsp3) is 0.533. The van der Waals surface area contributed by atoms with E-state index in [1.54, 1.807) is 13.0 Å². The van der Waals surface area contributed by atoms with Gasteiger partial charge in [0.15, 0.2) is 5.78 Å². The Morgan fingerprint density at radius 2 is 1.95 bits per heavy atom. The van der Waals surface area contributed by atoms with E-state index in [4.69, 9.17) is 0 Å². The fourth-order valence-corrected chi connectivity index (χ4v) is 2.55. The van der Waals surface area contributed by atoms with Crippen molar-refractivity contribution in [3.63, 3.8) is 0 Å². The molecule has 21 heavy (non-hydrogen) atoms. The van der Waals surface area contributed by atoms with Gasteiger partial charge >= 0.3 is 0 Å². The predicted octanol–water partition coefficient (Wildman–Crippen LogP) is 2.05. The monoisotopic (exact) mass is 310 g/mol. The summed E-state index contributed by atoms with van der Waals surface area (Å²) in [7, 11) is 0. The Morgan fingerprint density at radius 3 is 2.52 bits per heavy atom. The van der Waals surface area contributed by atoms with E-state index < -0.39 is 6.04 Å². The molecule has 1 aromatic heterocycles. The number of Topliss-reactive ketones (excluding diaryl/α,β-unsaturated/α-hetero) is 1. The van der Waals surface area contributed by atoms with Crippen LogP contribution < -0.4 is 10.6 Å². The molecule has 2 N–H and O–H groups in total. The normalized spacial score (nSPS) is 11.8. The fourth-order valence-electron chi connectivity index (χ4n) is 1.72. The third kappa shape index (κ3) is 6.08. The zero-order valence-electron chi connectivity index (χ0n) is 12.7. The van der Waals surface area contributed by atoms with Crippen molar-refractivity contribution in [1.29, 1.82) is 0 Å². The molecule has 0 saturated carbocycles. The van der Waals surface area contributed by atoms with Crippen molar-refractivity contribution in [3.8, 4) is 0 Å². The topological polar surface area (TPSA) is 75.3 Å². The van der Waals surface area contributed by atoms with Crippen molar-refractivity contribution >= 4 is 28.9 Å². The molecule has 0 aromatic carbocycles. The first kappa shape index (κ1) is 17.4. The van der Waals surface area contributed by atoms with Crippen LogP contribution in [0.2, 0.25) is 0 Å². The summed E-state index contributed by atoms with van der Waals surface area (Å²) in [4.78, 5) is 37.0. The van der Waals surface area contributed by atoms with Crippen LogP contribution in [0.4, 0.5) is 0 Å². The van der Waals surface area contributed by atoms with Crippen LogP contribution in [0.5, 0.6) is 0 Å². The van der Waals surface area contributed by atoms with Crippen molar-refractivity contribution in [2.45, 2.75) is 46.1 Å². The second-order valence-electron chi connectivity index (χ2n) is 4.91. The second kappa shape index (κ2) is 8.56. The van der Waals surface area contributed by atoms with Crippen molar-refractivity contribution in [3.05, 3.63) is 21.9 Å². The zero-order valence-corrected chi connectivity index (χ0v) is 13.5. The van der Waals surface area contributed by atoms with E-state index in [0.717, 1.165) is 11.3 Å². The summed E-state index contributed by atoms with van der Waals surface area (Å²) in [5.74, 6) is -0.521. The van der Waals surface area contributed by atoms with Gasteiger partial charge < -0.3 is 10.6 Å². The highest BCUT2D eigenvalue weighted by Gasteiger charge is 2.16. The van der Waals surface area contributed by atoms with E-state index in [2.05, 4.69) is 10.6 Å². The quantitative estimate of drug-likeness (QED) is 0.722. The molecule has 0 unspecified atom stereocenters. The van der Waals surface area contributed by atoms with Crippen molar-refractivity contribution < 1.29 is 14.4 Å². The molecule has 0 spiro atoms. The molecule has 0 saturated heterocycles. The Balaban J connectivity index is 2.33. The molecule has 6 heteroatoms. The molecular weight excluding hydrogens is 288 g/mol. The Kier molecular flexibility index (Phi) is 7.08. The van der Waals surface area contributed by atoms with Gasteiger partial charge in [-0.05, 0) is 32.4 Å². The van der Waals surface area contributed by atoms with Gasteiger partial charge in [0.25, 0.3) is 0 Å². The highest BCUT2D eigenvalue weighted by atomic mass is 32.1. The van der Waals surface area contributed by atoms with Gasteiger partial charge in [-0.3, -0.25) is 14.4 Å². The standard InChI is InChI=1S/C15H22N2O3S/c1-4-9-16-15(20)11(3)17-14(19)8-6-12(18)13-7-5-10(2)21-13/h5,7,11H,4,6,8-9H2,1-3H3,(H,16,20)(H,17,19)/t11-/m1/s1. The molecule has 1 rings (SSSR count). The second-order valence-corrected chi connectivity index (χ2v) is 6.20. The lowest BCUT2D eigenvalue weighted by molar-refractivity contribution is -0.128. The largest absolute Gasteiger partial charge is 0.354 e. The molecule has 0 aliphatic heterocycles. The van der Waals surface area contributed by atoms with Crippen molar-refractivity contribution in [2.75, 3.05) is 6.54 Å². The number of carbonyl (C=O) groups excluding carboxylic acids is 3. The molecule has 1 atom stereocenters. The number of carbonyl (C=O) groups is 3. The van der Waals surface area contributed by atoms with Gasteiger partial charge in [-0.15, -0.1) is 11.3 Å². The number of thiophene rings is 1. The molecule has 1 heterocycles. The Labute approximate surface area is 129 Å². The molecular formula is C15H22N2O3S. The number of hydrogen-bond donors (Lipinski definition) is 2. The Morgan fingerprint density at radius 1 is 1.24 bits per heavy atom. The first-order chi connectivity index (χ1) is 9.93. The van der Waals surface area contributed by atoms with Crippen LogP contribution in [-0.2, 0) is 9.59 Å². The maximum absolute atomic E-state index is 11.9. The van der Waals surface area contributed by atoms with Gasteiger partial charge in [-0.1, -0.05) is 6.92 Å². The molecule has 0 aliphatic carbocycles. The number of nitrogens with one attached hydrogen (secondary N) is 2. The Bertz CT molecular complexity index is 511. The van der Waals surface area contributed by atoms with Crippen LogP contribution >= 0.6 is 11.3 Å². The number of amides is 2. The minimum atomic E-state index is -0.580. The van der Waals surface area contributed by atoms with Crippen molar-refractivity contribution in [2.24, 2.45) is 0 Å². The van der Waals surface area contributed by atoms with E-state index >= 15 is 0 Å². The van der Waals surface area contributed by atoms with Crippen LogP contribution in [0.25, 0.3) is 0 Å². The van der Waals surface area contributed by atoms with Crippen LogP contribution in [0, 0.1) is 6.92 Å². The summed E-state index contributed by atoms with van der Waals surface area (Å²) in [5.41, 5.74) is 0. The summed E-state index contributed by atoms with van der Waals surface area (Å²) in [6.45, 7) is 6.12. The number of aryl methyl sites for hydroxylation is 1. The van der Waals surface area contributed by atoms with Gasteiger partial charge in [0, 0.05) is 24.3 Å².